The van der Waals surface area contributed by atoms with Crippen LogP contribution in [0.25, 0.3) is 0 Å². The van der Waals surface area contributed by atoms with Crippen molar-refractivity contribution in [3.63, 3.8) is 0 Å². The number of hydrogen-bond acceptors (Lipinski definition) is 6. The van der Waals surface area contributed by atoms with Gasteiger partial charge in [-0.25, -0.2) is 14.4 Å². The molecule has 0 bridgehead atoms. The summed E-state index contributed by atoms with van der Waals surface area (Å²) < 4.78 is 13.5. The Labute approximate surface area is 183 Å². The summed E-state index contributed by atoms with van der Waals surface area (Å²) in [4.78, 5) is 32.6. The van der Waals surface area contributed by atoms with E-state index in [1.165, 1.54) is 36.9 Å². The summed E-state index contributed by atoms with van der Waals surface area (Å²) in [5, 5.41) is 17.8. The Hall–Kier alpha value is -4.32. The lowest BCUT2D eigenvalue weighted by molar-refractivity contribution is -0.124. The van der Waals surface area contributed by atoms with Crippen molar-refractivity contribution in [3.05, 3.63) is 83.7 Å². The smallest absolute Gasteiger partial charge is 0.255 e. The molecule has 1 saturated carbocycles. The zero-order valence-electron chi connectivity index (χ0n) is 16.9. The van der Waals surface area contributed by atoms with E-state index in [1.807, 2.05) is 18.2 Å². The number of nitriles is 1. The average molecular weight is 430 g/mol. The minimum atomic E-state index is -0.903. The number of carbonyl (C=O) groups excluding carboxylic acids is 2. The first-order chi connectivity index (χ1) is 15.5. The van der Waals surface area contributed by atoms with E-state index in [2.05, 4.69) is 25.9 Å². The fraction of sp³-hybridized carbons (Fsp3) is 0.174. The van der Waals surface area contributed by atoms with Crippen molar-refractivity contribution in [2.75, 3.05) is 5.32 Å². The summed E-state index contributed by atoms with van der Waals surface area (Å²) in [6, 6.07) is 13.1. The third-order valence-corrected chi connectivity index (χ3v) is 5.15. The quantitative estimate of drug-likeness (QED) is 0.530. The number of hydrogen-bond donors (Lipinski definition) is 3. The highest BCUT2D eigenvalue weighted by Crippen LogP contribution is 2.36. The molecule has 2 aromatic carbocycles. The second-order valence-corrected chi connectivity index (χ2v) is 7.47. The number of rotatable bonds is 7. The Morgan fingerprint density at radius 2 is 1.81 bits per heavy atom. The lowest BCUT2D eigenvalue weighted by Gasteiger charge is -2.17. The van der Waals surface area contributed by atoms with Crippen molar-refractivity contribution in [1.29, 1.82) is 5.26 Å². The zero-order chi connectivity index (χ0) is 22.6. The minimum Gasteiger partial charge on any atom is -0.354 e. The van der Waals surface area contributed by atoms with Crippen LogP contribution in [0.2, 0.25) is 0 Å². The largest absolute Gasteiger partial charge is 0.354 e. The van der Waals surface area contributed by atoms with Gasteiger partial charge in [-0.2, -0.15) is 5.26 Å². The summed E-state index contributed by atoms with van der Waals surface area (Å²) in [5.74, 6) is -1.07. The second kappa shape index (κ2) is 8.81. The monoisotopic (exact) mass is 430 g/mol. The molecular weight excluding hydrogens is 411 g/mol. The zero-order valence-corrected chi connectivity index (χ0v) is 16.9. The highest BCUT2D eigenvalue weighted by molar-refractivity contribution is 6.00. The van der Waals surface area contributed by atoms with E-state index in [9.17, 15) is 14.0 Å². The highest BCUT2D eigenvalue weighted by atomic mass is 19.1. The second-order valence-electron chi connectivity index (χ2n) is 7.47. The van der Waals surface area contributed by atoms with Gasteiger partial charge in [0.25, 0.3) is 5.91 Å². The van der Waals surface area contributed by atoms with E-state index in [0.29, 0.717) is 35.3 Å². The molecule has 0 spiro atoms. The van der Waals surface area contributed by atoms with E-state index in [0.717, 1.165) is 5.56 Å². The SMILES string of the molecule is N#Cc1ccc(F)cc1Nc1ccc(CNC(=O)C2(NC(=O)c3cncnc3)CC2)cc1. The van der Waals surface area contributed by atoms with Crippen molar-refractivity contribution in [2.24, 2.45) is 0 Å². The van der Waals surface area contributed by atoms with Crippen molar-refractivity contribution < 1.29 is 14.0 Å². The van der Waals surface area contributed by atoms with Crippen molar-refractivity contribution in [3.8, 4) is 6.07 Å². The Morgan fingerprint density at radius 1 is 1.09 bits per heavy atom. The van der Waals surface area contributed by atoms with Crippen LogP contribution in [-0.4, -0.2) is 27.3 Å². The third-order valence-electron chi connectivity index (χ3n) is 5.15. The molecule has 1 fully saturated rings. The molecule has 3 aromatic rings. The number of aromatic nitrogens is 2. The van der Waals surface area contributed by atoms with E-state index in [-0.39, 0.29) is 18.4 Å². The predicted molar refractivity (Wildman–Crippen MR) is 114 cm³/mol. The summed E-state index contributed by atoms with van der Waals surface area (Å²) in [6.07, 6.45) is 5.26. The number of nitrogens with zero attached hydrogens (tertiary/aromatic N) is 3. The third kappa shape index (κ3) is 4.70. The number of amides is 2. The first-order valence-corrected chi connectivity index (χ1v) is 9.90. The summed E-state index contributed by atoms with van der Waals surface area (Å²) in [6.45, 7) is 0.286. The van der Waals surface area contributed by atoms with E-state index in [1.54, 1.807) is 12.1 Å². The molecule has 2 amide bonds. The van der Waals surface area contributed by atoms with Crippen LogP contribution in [0.15, 0.2) is 61.2 Å². The van der Waals surface area contributed by atoms with Crippen LogP contribution in [0.3, 0.4) is 0 Å². The highest BCUT2D eigenvalue weighted by Gasteiger charge is 2.51. The number of benzene rings is 2. The van der Waals surface area contributed by atoms with Gasteiger partial charge in [0.05, 0.1) is 16.8 Å². The first kappa shape index (κ1) is 20.9. The van der Waals surface area contributed by atoms with E-state index in [4.69, 9.17) is 5.26 Å². The summed E-state index contributed by atoms with van der Waals surface area (Å²) in [7, 11) is 0. The van der Waals surface area contributed by atoms with E-state index >= 15 is 0 Å². The van der Waals surface area contributed by atoms with Gasteiger partial charge in [-0.15, -0.1) is 0 Å². The molecule has 1 aliphatic carbocycles. The molecule has 9 heteroatoms. The Balaban J connectivity index is 1.33. The molecular formula is C23H19FN6O2. The van der Waals surface area contributed by atoms with Gasteiger partial charge in [-0.3, -0.25) is 9.59 Å². The van der Waals surface area contributed by atoms with Crippen molar-refractivity contribution in [2.45, 2.75) is 24.9 Å². The molecule has 0 atom stereocenters. The molecule has 160 valence electrons. The van der Waals surface area contributed by atoms with Crippen LogP contribution in [0.5, 0.6) is 0 Å². The first-order valence-electron chi connectivity index (χ1n) is 9.90. The number of anilines is 2. The van der Waals surface area contributed by atoms with Gasteiger partial charge in [-0.05, 0) is 48.7 Å². The van der Waals surface area contributed by atoms with Crippen LogP contribution >= 0.6 is 0 Å². The lowest BCUT2D eigenvalue weighted by Crippen LogP contribution is -2.48. The van der Waals surface area contributed by atoms with Gasteiger partial charge < -0.3 is 16.0 Å². The average Bonchev–Trinajstić information content (AvgIpc) is 3.60. The maximum Gasteiger partial charge on any atom is 0.255 e. The minimum absolute atomic E-state index is 0.247. The normalized spacial score (nSPS) is 13.5. The van der Waals surface area contributed by atoms with Gasteiger partial charge in [0.2, 0.25) is 5.91 Å². The molecule has 0 radical (unpaired) electrons. The van der Waals surface area contributed by atoms with Crippen LogP contribution in [0, 0.1) is 17.1 Å². The van der Waals surface area contributed by atoms with Crippen molar-refractivity contribution >= 4 is 23.2 Å². The van der Waals surface area contributed by atoms with Gasteiger partial charge in [0.1, 0.15) is 23.8 Å². The van der Waals surface area contributed by atoms with Gasteiger partial charge >= 0.3 is 0 Å². The van der Waals surface area contributed by atoms with Gasteiger partial charge in [-0.1, -0.05) is 12.1 Å². The van der Waals surface area contributed by atoms with Crippen LogP contribution in [-0.2, 0) is 11.3 Å². The molecule has 0 aliphatic heterocycles. The standard InChI is InChI=1S/C23H19FN6O2/c24-18-4-3-16(10-25)20(9-18)29-19-5-1-15(2-6-19)11-28-22(32)23(7-8-23)30-21(31)17-12-26-14-27-13-17/h1-6,9,12-14,29H,7-8,11H2,(H,28,32)(H,30,31). The summed E-state index contributed by atoms with van der Waals surface area (Å²) >= 11 is 0. The predicted octanol–water partition coefficient (Wildman–Crippen LogP) is 2.81. The molecule has 1 aliphatic rings. The number of nitrogens with one attached hydrogen (secondary N) is 3. The molecule has 4 rings (SSSR count). The van der Waals surface area contributed by atoms with Gasteiger partial charge in [0.15, 0.2) is 0 Å². The fourth-order valence-electron chi connectivity index (χ4n) is 3.17. The summed E-state index contributed by atoms with van der Waals surface area (Å²) in [5.41, 5.74) is 1.64. The maximum atomic E-state index is 13.5. The number of halogens is 1. The molecule has 1 aromatic heterocycles. The Bertz CT molecular complexity index is 1190. The van der Waals surface area contributed by atoms with Crippen LogP contribution < -0.4 is 16.0 Å². The topological polar surface area (TPSA) is 120 Å². The fourth-order valence-corrected chi connectivity index (χ4v) is 3.17. The molecule has 1 heterocycles. The molecule has 0 unspecified atom stereocenters. The van der Waals surface area contributed by atoms with Gasteiger partial charge in [0, 0.05) is 24.6 Å². The number of carbonyl (C=O) groups is 2. The van der Waals surface area contributed by atoms with Crippen LogP contribution in [0.4, 0.5) is 15.8 Å². The lowest BCUT2D eigenvalue weighted by atomic mass is 10.1. The van der Waals surface area contributed by atoms with Crippen LogP contribution in [0.1, 0.15) is 34.3 Å². The molecule has 0 saturated heterocycles. The van der Waals surface area contributed by atoms with Crippen molar-refractivity contribution in [1.82, 2.24) is 20.6 Å². The molecule has 32 heavy (non-hydrogen) atoms. The molecule has 8 nitrogen and oxygen atoms in total. The van der Waals surface area contributed by atoms with E-state index < -0.39 is 11.4 Å². The Morgan fingerprint density at radius 3 is 2.47 bits per heavy atom. The maximum absolute atomic E-state index is 13.5. The Kier molecular flexibility index (Phi) is 5.77. The molecule has 3 N–H and O–H groups in total.